The zero-order valence-corrected chi connectivity index (χ0v) is 20.5. The van der Waals surface area contributed by atoms with Gasteiger partial charge in [0.2, 0.25) is 0 Å². The molecule has 34 heavy (non-hydrogen) atoms. The van der Waals surface area contributed by atoms with Gasteiger partial charge < -0.3 is 29.0 Å². The lowest BCUT2D eigenvalue weighted by molar-refractivity contribution is -0.143. The van der Waals surface area contributed by atoms with Crippen molar-refractivity contribution in [1.82, 2.24) is 5.32 Å². The average Bonchev–Trinajstić information content (AvgIpc) is 3.74. The van der Waals surface area contributed by atoms with Crippen LogP contribution in [-0.2, 0) is 28.5 Å². The lowest BCUT2D eigenvalue weighted by Crippen LogP contribution is -2.56. The molecular weight excluding hydrogens is 438 g/mol. The second kappa shape index (κ2) is 9.68. The number of allylic oxidation sites excluding steroid dienone is 1. The van der Waals surface area contributed by atoms with E-state index in [1.807, 2.05) is 6.07 Å². The summed E-state index contributed by atoms with van der Waals surface area (Å²) in [6.45, 7) is 6.90. The summed E-state index contributed by atoms with van der Waals surface area (Å²) in [7, 11) is 2.92. The summed E-state index contributed by atoms with van der Waals surface area (Å²) in [5.74, 6) is -0.642. The van der Waals surface area contributed by atoms with E-state index in [9.17, 15) is 9.59 Å². The Morgan fingerprint density at radius 3 is 2.53 bits per heavy atom. The molecule has 1 saturated carbocycles. The molecule has 1 N–H and O–H groups in total. The Bertz CT molecular complexity index is 924. The van der Waals surface area contributed by atoms with Crippen molar-refractivity contribution in [3.8, 4) is 0 Å². The van der Waals surface area contributed by atoms with Crippen LogP contribution in [0.4, 0.5) is 4.79 Å². The molecule has 3 aliphatic rings. The summed E-state index contributed by atoms with van der Waals surface area (Å²) in [6.07, 6.45) is 2.85. The van der Waals surface area contributed by atoms with E-state index in [2.05, 4.69) is 32.2 Å². The molecule has 2 aliphatic heterocycles. The van der Waals surface area contributed by atoms with Crippen LogP contribution in [0.3, 0.4) is 0 Å². The minimum absolute atomic E-state index is 0.0699. The number of carbonyl (C=O) groups excluding carboxylic acids is 2. The van der Waals surface area contributed by atoms with Crippen molar-refractivity contribution in [1.29, 1.82) is 0 Å². The number of ether oxygens (including phenoxy) is 5. The summed E-state index contributed by atoms with van der Waals surface area (Å²) in [5, 5.41) is 2.66. The molecule has 2 saturated heterocycles. The predicted octanol–water partition coefficient (Wildman–Crippen LogP) is 3.70. The molecule has 0 bridgehead atoms. The molecule has 0 unspecified atom stereocenters. The van der Waals surface area contributed by atoms with Crippen molar-refractivity contribution in [2.24, 2.45) is 5.92 Å². The minimum Gasteiger partial charge on any atom is -0.467 e. The van der Waals surface area contributed by atoms with Gasteiger partial charge in [0.15, 0.2) is 6.04 Å². The molecule has 186 valence electrons. The van der Waals surface area contributed by atoms with E-state index in [1.54, 1.807) is 31.4 Å². The summed E-state index contributed by atoms with van der Waals surface area (Å²) >= 11 is 0. The molecule has 2 heterocycles. The van der Waals surface area contributed by atoms with Gasteiger partial charge in [-0.25, -0.2) is 9.59 Å². The van der Waals surface area contributed by atoms with Gasteiger partial charge in [-0.3, -0.25) is 0 Å². The summed E-state index contributed by atoms with van der Waals surface area (Å²) in [4.78, 5) is 25.2. The second-order valence-corrected chi connectivity index (χ2v) is 9.83. The first kappa shape index (κ1) is 24.7. The first-order valence-corrected chi connectivity index (χ1v) is 11.8. The topological polar surface area (TPSA) is 98.9 Å². The molecule has 3 fully saturated rings. The standard InChI is InChI=1S/C26H35NO7/c1-16(2)11-12-19-25(3,34-19)22-21(30-4)18(13-14-26(22)15-32-26)33-24(29)27-20(23(28)31-5)17-9-7-6-8-10-17/h6-11,18-22H,12-15H2,1-5H3,(H,27,29)/t18-,19-,20-,21-,22-,25+,26+/m1/s1. The number of epoxide rings is 2. The van der Waals surface area contributed by atoms with Crippen molar-refractivity contribution < 1.29 is 33.3 Å². The third kappa shape index (κ3) is 4.85. The van der Waals surface area contributed by atoms with E-state index in [0.29, 0.717) is 18.6 Å². The van der Waals surface area contributed by atoms with E-state index in [-0.39, 0.29) is 17.6 Å². The number of hydrogen-bond donors (Lipinski definition) is 1. The zero-order chi connectivity index (χ0) is 24.5. The fourth-order valence-electron chi connectivity index (χ4n) is 5.40. The Hall–Kier alpha value is -2.42. The number of esters is 1. The molecule has 7 atom stereocenters. The maximum atomic E-state index is 12.9. The Labute approximate surface area is 200 Å². The van der Waals surface area contributed by atoms with Crippen LogP contribution in [-0.4, -0.2) is 62.4 Å². The van der Waals surface area contributed by atoms with Gasteiger partial charge in [0, 0.05) is 7.11 Å². The number of benzene rings is 1. The highest BCUT2D eigenvalue weighted by Crippen LogP contribution is 2.59. The molecule has 1 aromatic carbocycles. The fourth-order valence-corrected chi connectivity index (χ4v) is 5.40. The largest absolute Gasteiger partial charge is 0.467 e. The lowest BCUT2D eigenvalue weighted by Gasteiger charge is -2.42. The molecule has 1 aliphatic carbocycles. The van der Waals surface area contributed by atoms with Gasteiger partial charge >= 0.3 is 12.1 Å². The van der Waals surface area contributed by atoms with Crippen molar-refractivity contribution in [2.45, 2.75) is 75.6 Å². The number of hydrogen-bond acceptors (Lipinski definition) is 7. The van der Waals surface area contributed by atoms with Crippen molar-refractivity contribution in [2.75, 3.05) is 20.8 Å². The van der Waals surface area contributed by atoms with Crippen LogP contribution in [0.25, 0.3) is 0 Å². The van der Waals surface area contributed by atoms with Crippen molar-refractivity contribution in [3.05, 3.63) is 47.5 Å². The average molecular weight is 474 g/mol. The van der Waals surface area contributed by atoms with Crippen molar-refractivity contribution in [3.63, 3.8) is 0 Å². The Morgan fingerprint density at radius 1 is 1.24 bits per heavy atom. The molecule has 1 spiro atoms. The predicted molar refractivity (Wildman–Crippen MR) is 124 cm³/mol. The molecule has 1 aromatic rings. The highest BCUT2D eigenvalue weighted by molar-refractivity contribution is 5.82. The van der Waals surface area contributed by atoms with Crippen LogP contribution in [0.15, 0.2) is 42.0 Å². The fraction of sp³-hybridized carbons (Fsp3) is 0.615. The second-order valence-electron chi connectivity index (χ2n) is 9.83. The number of carbonyl (C=O) groups is 2. The first-order chi connectivity index (χ1) is 16.2. The van der Waals surface area contributed by atoms with Crippen molar-refractivity contribution >= 4 is 12.1 Å². The van der Waals surface area contributed by atoms with Crippen LogP contribution in [0, 0.1) is 5.92 Å². The van der Waals surface area contributed by atoms with Gasteiger partial charge in [0.1, 0.15) is 23.4 Å². The van der Waals surface area contributed by atoms with Crippen LogP contribution in [0.1, 0.15) is 51.6 Å². The number of rotatable bonds is 8. The van der Waals surface area contributed by atoms with Crippen LogP contribution >= 0.6 is 0 Å². The summed E-state index contributed by atoms with van der Waals surface area (Å²) in [6, 6.07) is 7.97. The molecule has 4 rings (SSSR count). The van der Waals surface area contributed by atoms with Crippen LogP contribution in [0.2, 0.25) is 0 Å². The third-order valence-corrected chi connectivity index (χ3v) is 7.33. The lowest BCUT2D eigenvalue weighted by atomic mass is 9.68. The maximum absolute atomic E-state index is 12.9. The molecule has 0 radical (unpaired) electrons. The van der Waals surface area contributed by atoms with Gasteiger partial charge in [-0.2, -0.15) is 0 Å². The van der Waals surface area contributed by atoms with E-state index in [4.69, 9.17) is 23.7 Å². The Balaban J connectivity index is 1.47. The van der Waals surface area contributed by atoms with E-state index in [0.717, 1.165) is 12.8 Å². The number of methoxy groups -OCH3 is 2. The van der Waals surface area contributed by atoms with E-state index in [1.165, 1.54) is 12.7 Å². The van der Waals surface area contributed by atoms with Gasteiger partial charge in [0.25, 0.3) is 0 Å². The maximum Gasteiger partial charge on any atom is 0.408 e. The quantitative estimate of drug-likeness (QED) is 0.349. The highest BCUT2D eigenvalue weighted by Gasteiger charge is 2.72. The van der Waals surface area contributed by atoms with Gasteiger partial charge in [-0.1, -0.05) is 42.0 Å². The van der Waals surface area contributed by atoms with Crippen LogP contribution < -0.4 is 5.32 Å². The Morgan fingerprint density at radius 2 is 1.94 bits per heavy atom. The summed E-state index contributed by atoms with van der Waals surface area (Å²) in [5.41, 5.74) is 1.14. The summed E-state index contributed by atoms with van der Waals surface area (Å²) < 4.78 is 28.8. The molecular formula is C26H35NO7. The molecule has 8 nitrogen and oxygen atoms in total. The first-order valence-electron chi connectivity index (χ1n) is 11.8. The number of amides is 1. The number of alkyl carbamates (subject to hydrolysis) is 1. The smallest absolute Gasteiger partial charge is 0.408 e. The van der Waals surface area contributed by atoms with Gasteiger partial charge in [0.05, 0.1) is 25.7 Å². The molecule has 1 amide bonds. The highest BCUT2D eigenvalue weighted by atomic mass is 16.6. The van der Waals surface area contributed by atoms with Gasteiger partial charge in [-0.05, 0) is 45.6 Å². The third-order valence-electron chi connectivity index (χ3n) is 7.33. The minimum atomic E-state index is -0.963. The van der Waals surface area contributed by atoms with Crippen LogP contribution in [0.5, 0.6) is 0 Å². The monoisotopic (exact) mass is 473 g/mol. The normalized spacial score (nSPS) is 34.6. The SMILES string of the molecule is COC(=O)[C@H](NC(=O)O[C@@H]1CC[C@]2(CO2)[C@@H]([C@@]2(C)O[C@@H]2CC=C(C)C)[C@@H]1OC)c1ccccc1. The Kier molecular flexibility index (Phi) is 7.03. The number of nitrogens with one attached hydrogen (secondary N) is 1. The van der Waals surface area contributed by atoms with E-state index < -0.39 is 35.9 Å². The van der Waals surface area contributed by atoms with Gasteiger partial charge in [-0.15, -0.1) is 0 Å². The zero-order valence-electron chi connectivity index (χ0n) is 20.5. The molecule has 0 aromatic heterocycles. The van der Waals surface area contributed by atoms with E-state index >= 15 is 0 Å². The molecule has 8 heteroatoms.